The summed E-state index contributed by atoms with van der Waals surface area (Å²) in [6.45, 7) is 7.78. The standard InChI is InChI=1S/C24H33N5O3/c1-15(21-22(31)28-24(29(21)14-30)8-6-5-7-9-24)18-10-17-12-25-20(26-13-23(3,4)32)11-19(17)27-16(18)2/h11-12,14,27,32H,5-10,13H2,1-4H3,(H,25,26)(H,28,31)/b21-15-. The van der Waals surface area contributed by atoms with E-state index in [1.165, 1.54) is 0 Å². The molecule has 2 fully saturated rings. The van der Waals surface area contributed by atoms with Gasteiger partial charge in [-0.15, -0.1) is 0 Å². The Morgan fingerprint density at radius 3 is 2.72 bits per heavy atom. The zero-order chi connectivity index (χ0) is 23.1. The Morgan fingerprint density at radius 1 is 1.34 bits per heavy atom. The van der Waals surface area contributed by atoms with E-state index in [0.717, 1.165) is 66.6 Å². The van der Waals surface area contributed by atoms with Gasteiger partial charge in [-0.2, -0.15) is 0 Å². The highest BCUT2D eigenvalue weighted by molar-refractivity contribution is 6.00. The monoisotopic (exact) mass is 439 g/mol. The summed E-state index contributed by atoms with van der Waals surface area (Å²) in [6.07, 6.45) is 7.96. The second kappa shape index (κ2) is 8.24. The molecule has 4 N–H and O–H groups in total. The van der Waals surface area contributed by atoms with Crippen molar-refractivity contribution < 1.29 is 14.7 Å². The molecule has 0 unspecified atom stereocenters. The summed E-state index contributed by atoms with van der Waals surface area (Å²) in [5.41, 5.74) is 3.78. The largest absolute Gasteiger partial charge is 0.389 e. The van der Waals surface area contributed by atoms with Gasteiger partial charge in [0, 0.05) is 36.6 Å². The van der Waals surface area contributed by atoms with Crippen LogP contribution in [0.15, 0.2) is 34.8 Å². The molecule has 2 amide bonds. The highest BCUT2D eigenvalue weighted by Crippen LogP contribution is 2.40. The van der Waals surface area contributed by atoms with Gasteiger partial charge in [-0.1, -0.05) is 6.42 Å². The second-order valence-electron chi connectivity index (χ2n) is 9.79. The number of anilines is 2. The smallest absolute Gasteiger partial charge is 0.270 e. The van der Waals surface area contributed by atoms with Gasteiger partial charge in [0.2, 0.25) is 6.41 Å². The van der Waals surface area contributed by atoms with Gasteiger partial charge < -0.3 is 21.1 Å². The Hall–Kier alpha value is -2.87. The summed E-state index contributed by atoms with van der Waals surface area (Å²) in [5, 5.41) is 19.6. The van der Waals surface area contributed by atoms with E-state index in [0.29, 0.717) is 24.5 Å². The van der Waals surface area contributed by atoms with Crippen molar-refractivity contribution >= 4 is 23.8 Å². The van der Waals surface area contributed by atoms with Crippen LogP contribution in [0.4, 0.5) is 11.5 Å². The average Bonchev–Trinajstić information content (AvgIpc) is 3.01. The average molecular weight is 440 g/mol. The fourth-order valence-corrected chi connectivity index (χ4v) is 4.96. The van der Waals surface area contributed by atoms with Crippen LogP contribution in [0.5, 0.6) is 0 Å². The number of pyridine rings is 1. The summed E-state index contributed by atoms with van der Waals surface area (Å²) < 4.78 is 0. The lowest BCUT2D eigenvalue weighted by molar-refractivity contribution is -0.121. The van der Waals surface area contributed by atoms with Crippen LogP contribution in [0.3, 0.4) is 0 Å². The van der Waals surface area contributed by atoms with Crippen molar-refractivity contribution in [1.82, 2.24) is 15.2 Å². The first-order valence-electron chi connectivity index (χ1n) is 11.3. The van der Waals surface area contributed by atoms with Crippen LogP contribution in [0.2, 0.25) is 0 Å². The first kappa shape index (κ1) is 22.3. The van der Waals surface area contributed by atoms with Gasteiger partial charge >= 0.3 is 0 Å². The van der Waals surface area contributed by atoms with Gasteiger partial charge in [-0.05, 0) is 70.1 Å². The second-order valence-corrected chi connectivity index (χ2v) is 9.79. The molecule has 1 aromatic heterocycles. The van der Waals surface area contributed by atoms with Gasteiger partial charge in [-0.3, -0.25) is 14.5 Å². The van der Waals surface area contributed by atoms with Crippen molar-refractivity contribution in [3.05, 3.63) is 40.4 Å². The van der Waals surface area contributed by atoms with Gasteiger partial charge in [0.1, 0.15) is 17.2 Å². The molecule has 0 aromatic carbocycles. The maximum absolute atomic E-state index is 13.0. The minimum Gasteiger partial charge on any atom is -0.389 e. The Kier molecular flexibility index (Phi) is 5.75. The number of carbonyl (C=O) groups excluding carboxylic acids is 2. The van der Waals surface area contributed by atoms with Crippen LogP contribution in [0.1, 0.15) is 65.4 Å². The molecule has 1 aromatic rings. The molecule has 2 aliphatic heterocycles. The molecule has 1 spiro atoms. The minimum atomic E-state index is -0.834. The summed E-state index contributed by atoms with van der Waals surface area (Å²) in [7, 11) is 0. The van der Waals surface area contributed by atoms with Crippen molar-refractivity contribution in [3.63, 3.8) is 0 Å². The molecule has 0 atom stereocenters. The van der Waals surface area contributed by atoms with Crippen LogP contribution in [0, 0.1) is 0 Å². The van der Waals surface area contributed by atoms with Gasteiger partial charge in [0.05, 0.1) is 5.60 Å². The number of fused-ring (bicyclic) bond motifs is 1. The van der Waals surface area contributed by atoms with Crippen molar-refractivity contribution in [1.29, 1.82) is 0 Å². The van der Waals surface area contributed by atoms with E-state index in [1.54, 1.807) is 18.7 Å². The number of hydrogen-bond acceptors (Lipinski definition) is 6. The van der Waals surface area contributed by atoms with E-state index in [9.17, 15) is 14.7 Å². The predicted octanol–water partition coefficient (Wildman–Crippen LogP) is 3.03. The number of aromatic nitrogens is 1. The van der Waals surface area contributed by atoms with Gasteiger partial charge in [0.25, 0.3) is 5.91 Å². The molecule has 32 heavy (non-hydrogen) atoms. The zero-order valence-corrected chi connectivity index (χ0v) is 19.3. The highest BCUT2D eigenvalue weighted by Gasteiger charge is 2.49. The fourth-order valence-electron chi connectivity index (χ4n) is 4.96. The van der Waals surface area contributed by atoms with E-state index in [-0.39, 0.29) is 5.91 Å². The molecular weight excluding hydrogens is 406 g/mol. The lowest BCUT2D eigenvalue weighted by Gasteiger charge is -2.38. The SMILES string of the molecule is CC1=C(/C(C)=C2/C(=O)NC3(CCCCC3)N2C=O)Cc2cnc(NCC(C)(C)O)cc2N1. The van der Waals surface area contributed by atoms with Gasteiger partial charge in [-0.25, -0.2) is 4.98 Å². The summed E-state index contributed by atoms with van der Waals surface area (Å²) >= 11 is 0. The third-order valence-corrected chi connectivity index (χ3v) is 6.69. The lowest BCUT2D eigenvalue weighted by atomic mass is 9.88. The number of carbonyl (C=O) groups is 2. The van der Waals surface area contributed by atoms with Crippen LogP contribution in [0.25, 0.3) is 0 Å². The molecule has 172 valence electrons. The molecule has 1 saturated heterocycles. The number of hydrogen-bond donors (Lipinski definition) is 4. The van der Waals surface area contributed by atoms with Crippen LogP contribution in [-0.4, -0.2) is 45.1 Å². The van der Waals surface area contributed by atoms with E-state index < -0.39 is 11.3 Å². The number of aliphatic hydroxyl groups is 1. The van der Waals surface area contributed by atoms with E-state index in [2.05, 4.69) is 20.9 Å². The maximum Gasteiger partial charge on any atom is 0.270 e. The molecule has 0 radical (unpaired) electrons. The number of allylic oxidation sites excluding steroid dienone is 3. The van der Waals surface area contributed by atoms with Crippen molar-refractivity contribution in [2.75, 3.05) is 17.2 Å². The number of nitrogens with one attached hydrogen (secondary N) is 3. The van der Waals surface area contributed by atoms with Gasteiger partial charge in [0.15, 0.2) is 0 Å². The Balaban J connectivity index is 1.62. The predicted molar refractivity (Wildman–Crippen MR) is 124 cm³/mol. The van der Waals surface area contributed by atoms with Crippen LogP contribution >= 0.6 is 0 Å². The normalized spacial score (nSPS) is 21.8. The highest BCUT2D eigenvalue weighted by atomic mass is 16.3. The van der Waals surface area contributed by atoms with E-state index in [1.807, 2.05) is 26.1 Å². The third kappa shape index (κ3) is 4.11. The quantitative estimate of drug-likeness (QED) is 0.415. The molecule has 1 aliphatic carbocycles. The van der Waals surface area contributed by atoms with E-state index >= 15 is 0 Å². The molecule has 4 rings (SSSR count). The van der Waals surface area contributed by atoms with E-state index in [4.69, 9.17) is 0 Å². The summed E-state index contributed by atoms with van der Waals surface area (Å²) in [6, 6.07) is 1.93. The zero-order valence-electron chi connectivity index (χ0n) is 19.3. The summed E-state index contributed by atoms with van der Waals surface area (Å²) in [4.78, 5) is 31.2. The molecule has 1 saturated carbocycles. The first-order valence-corrected chi connectivity index (χ1v) is 11.3. The van der Waals surface area contributed by atoms with Crippen molar-refractivity contribution in [2.45, 2.75) is 77.5 Å². The molecule has 8 heteroatoms. The Morgan fingerprint density at radius 2 is 2.06 bits per heavy atom. The molecule has 3 aliphatic rings. The fraction of sp³-hybridized carbons (Fsp3) is 0.542. The summed E-state index contributed by atoms with van der Waals surface area (Å²) in [5.74, 6) is 0.512. The van der Waals surface area contributed by atoms with Crippen molar-refractivity contribution in [3.8, 4) is 0 Å². The lowest BCUT2D eigenvalue weighted by Crippen LogP contribution is -2.52. The Labute approximate surface area is 189 Å². The third-order valence-electron chi connectivity index (χ3n) is 6.69. The molecule has 8 nitrogen and oxygen atoms in total. The van der Waals surface area contributed by atoms with Crippen molar-refractivity contribution in [2.24, 2.45) is 0 Å². The van der Waals surface area contributed by atoms with Crippen LogP contribution in [-0.2, 0) is 16.0 Å². The minimum absolute atomic E-state index is 0.174. The number of nitrogens with zero attached hydrogens (tertiary/aromatic N) is 2. The first-order chi connectivity index (χ1) is 15.1. The molecule has 0 bridgehead atoms. The molecule has 3 heterocycles. The maximum atomic E-state index is 13.0. The number of amides is 2. The van der Waals surface area contributed by atoms with Crippen LogP contribution < -0.4 is 16.0 Å². The Bertz CT molecular complexity index is 999. The number of rotatable bonds is 5. The molecular formula is C24H33N5O3. The topological polar surface area (TPSA) is 107 Å².